The molecule has 0 bridgehead atoms. The van der Waals surface area contributed by atoms with Gasteiger partial charge < -0.3 is 14.4 Å². The SMILES string of the molecule is CCOCc1nc2c(C)c(C)c3cccnc3c2n1CCO. The van der Waals surface area contributed by atoms with Crippen LogP contribution in [-0.4, -0.2) is 32.9 Å². The molecular weight excluding hydrogens is 278 g/mol. The largest absolute Gasteiger partial charge is 0.395 e. The molecule has 1 N–H and O–H groups in total. The maximum Gasteiger partial charge on any atom is 0.136 e. The van der Waals surface area contributed by atoms with Crippen molar-refractivity contribution in [3.8, 4) is 0 Å². The molecule has 0 radical (unpaired) electrons. The lowest BCUT2D eigenvalue weighted by molar-refractivity contribution is 0.125. The fraction of sp³-hybridized carbons (Fsp3) is 0.412. The third-order valence-corrected chi connectivity index (χ3v) is 4.16. The van der Waals surface area contributed by atoms with Crippen molar-refractivity contribution in [1.82, 2.24) is 14.5 Å². The van der Waals surface area contributed by atoms with Crippen molar-refractivity contribution in [2.24, 2.45) is 0 Å². The van der Waals surface area contributed by atoms with E-state index in [-0.39, 0.29) is 6.61 Å². The van der Waals surface area contributed by atoms with Crippen LogP contribution in [0.3, 0.4) is 0 Å². The normalized spacial score (nSPS) is 11.6. The fourth-order valence-electron chi connectivity index (χ4n) is 2.92. The van der Waals surface area contributed by atoms with E-state index in [4.69, 9.17) is 9.72 Å². The number of aromatic nitrogens is 3. The van der Waals surface area contributed by atoms with Gasteiger partial charge >= 0.3 is 0 Å². The number of ether oxygens (including phenoxy) is 1. The number of hydrogen-bond acceptors (Lipinski definition) is 4. The van der Waals surface area contributed by atoms with Gasteiger partial charge in [0.15, 0.2) is 0 Å². The highest BCUT2D eigenvalue weighted by atomic mass is 16.5. The maximum absolute atomic E-state index is 9.43. The molecule has 0 saturated carbocycles. The maximum atomic E-state index is 9.43. The number of nitrogens with zero attached hydrogens (tertiary/aromatic N) is 3. The number of fused-ring (bicyclic) bond motifs is 3. The van der Waals surface area contributed by atoms with E-state index in [0.717, 1.165) is 33.3 Å². The number of aryl methyl sites for hydroxylation is 2. The van der Waals surface area contributed by atoms with E-state index < -0.39 is 0 Å². The van der Waals surface area contributed by atoms with Crippen LogP contribution in [-0.2, 0) is 17.9 Å². The highest BCUT2D eigenvalue weighted by molar-refractivity contribution is 6.05. The molecule has 0 unspecified atom stereocenters. The van der Waals surface area contributed by atoms with Crippen LogP contribution < -0.4 is 0 Å². The number of imidazole rings is 1. The van der Waals surface area contributed by atoms with Gasteiger partial charge in [-0.25, -0.2) is 4.98 Å². The number of aliphatic hydroxyl groups is 1. The number of rotatable bonds is 5. The number of pyridine rings is 1. The lowest BCUT2D eigenvalue weighted by Gasteiger charge is -2.11. The van der Waals surface area contributed by atoms with Crippen LogP contribution in [0.5, 0.6) is 0 Å². The van der Waals surface area contributed by atoms with E-state index in [2.05, 4.69) is 24.9 Å². The Morgan fingerprint density at radius 2 is 2.05 bits per heavy atom. The van der Waals surface area contributed by atoms with Gasteiger partial charge in [0.2, 0.25) is 0 Å². The zero-order valence-corrected chi connectivity index (χ0v) is 13.3. The molecule has 5 heteroatoms. The van der Waals surface area contributed by atoms with Crippen molar-refractivity contribution in [3.63, 3.8) is 0 Å². The van der Waals surface area contributed by atoms with Crippen molar-refractivity contribution in [3.05, 3.63) is 35.3 Å². The monoisotopic (exact) mass is 299 g/mol. The first-order chi connectivity index (χ1) is 10.7. The second kappa shape index (κ2) is 6.02. The molecule has 3 rings (SSSR count). The van der Waals surface area contributed by atoms with E-state index >= 15 is 0 Å². The summed E-state index contributed by atoms with van der Waals surface area (Å²) in [5, 5.41) is 10.6. The number of aliphatic hydroxyl groups excluding tert-OH is 1. The highest BCUT2D eigenvalue weighted by Crippen LogP contribution is 2.31. The summed E-state index contributed by atoms with van der Waals surface area (Å²) >= 11 is 0. The molecule has 0 saturated heterocycles. The molecule has 2 heterocycles. The molecule has 1 aromatic carbocycles. The Labute approximate surface area is 129 Å². The molecule has 3 aromatic rings. The molecule has 116 valence electrons. The van der Waals surface area contributed by atoms with Crippen LogP contribution in [0, 0.1) is 13.8 Å². The predicted molar refractivity (Wildman–Crippen MR) is 86.9 cm³/mol. The van der Waals surface area contributed by atoms with Crippen LogP contribution in [0.2, 0.25) is 0 Å². The zero-order chi connectivity index (χ0) is 15.7. The van der Waals surface area contributed by atoms with Gasteiger partial charge in [-0.2, -0.15) is 0 Å². The Kier molecular flexibility index (Phi) is 4.09. The molecule has 0 spiro atoms. The van der Waals surface area contributed by atoms with Gasteiger partial charge in [0.25, 0.3) is 0 Å². The Morgan fingerprint density at radius 3 is 2.77 bits per heavy atom. The molecule has 0 amide bonds. The Bertz CT molecular complexity index is 824. The summed E-state index contributed by atoms with van der Waals surface area (Å²) in [6.45, 7) is 7.79. The molecule has 0 aliphatic carbocycles. The van der Waals surface area contributed by atoms with E-state index in [1.807, 2.05) is 17.6 Å². The molecule has 22 heavy (non-hydrogen) atoms. The number of hydrogen-bond donors (Lipinski definition) is 1. The molecular formula is C17H21N3O2. The lowest BCUT2D eigenvalue weighted by atomic mass is 10.0. The third kappa shape index (κ3) is 2.26. The van der Waals surface area contributed by atoms with Crippen LogP contribution in [0.25, 0.3) is 21.9 Å². The van der Waals surface area contributed by atoms with Crippen molar-refractivity contribution < 1.29 is 9.84 Å². The fourth-order valence-corrected chi connectivity index (χ4v) is 2.92. The average Bonchev–Trinajstić information content (AvgIpc) is 2.90. The summed E-state index contributed by atoms with van der Waals surface area (Å²) in [6.07, 6.45) is 1.80. The lowest BCUT2D eigenvalue weighted by Crippen LogP contribution is -2.09. The van der Waals surface area contributed by atoms with E-state index in [9.17, 15) is 5.11 Å². The first-order valence-corrected chi connectivity index (χ1v) is 7.60. The van der Waals surface area contributed by atoms with Gasteiger partial charge in [-0.1, -0.05) is 6.07 Å². The van der Waals surface area contributed by atoms with Gasteiger partial charge in [0.1, 0.15) is 12.4 Å². The van der Waals surface area contributed by atoms with Gasteiger partial charge in [-0.15, -0.1) is 0 Å². The Balaban J connectivity index is 2.38. The third-order valence-electron chi connectivity index (χ3n) is 4.16. The second-order valence-corrected chi connectivity index (χ2v) is 5.39. The van der Waals surface area contributed by atoms with Crippen LogP contribution in [0.1, 0.15) is 23.9 Å². The van der Waals surface area contributed by atoms with Crippen molar-refractivity contribution in [2.45, 2.75) is 33.9 Å². The van der Waals surface area contributed by atoms with E-state index in [0.29, 0.717) is 19.8 Å². The average molecular weight is 299 g/mol. The summed E-state index contributed by atoms with van der Waals surface area (Å²) in [5.41, 5.74) is 5.23. The van der Waals surface area contributed by atoms with Crippen molar-refractivity contribution in [2.75, 3.05) is 13.2 Å². The van der Waals surface area contributed by atoms with Gasteiger partial charge in [-0.3, -0.25) is 4.98 Å². The quantitative estimate of drug-likeness (QED) is 0.787. The van der Waals surface area contributed by atoms with E-state index in [1.165, 1.54) is 5.56 Å². The summed E-state index contributed by atoms with van der Waals surface area (Å²) in [6, 6.07) is 4.04. The summed E-state index contributed by atoms with van der Waals surface area (Å²) in [5.74, 6) is 0.839. The standard InChI is InChI=1S/C17H21N3O2/c1-4-22-10-14-19-15-12(3)11(2)13-6-5-7-18-16(13)17(15)20(14)8-9-21/h5-7,21H,4,8-10H2,1-3H3. The molecule has 0 fully saturated rings. The summed E-state index contributed by atoms with van der Waals surface area (Å²) in [4.78, 5) is 9.33. The number of benzene rings is 1. The van der Waals surface area contributed by atoms with Gasteiger partial charge in [0, 0.05) is 24.7 Å². The molecule has 0 aliphatic rings. The second-order valence-electron chi connectivity index (χ2n) is 5.39. The highest BCUT2D eigenvalue weighted by Gasteiger charge is 2.18. The first kappa shape index (κ1) is 14.9. The molecule has 5 nitrogen and oxygen atoms in total. The predicted octanol–water partition coefficient (Wildman–Crippen LogP) is 2.73. The Hall–Kier alpha value is -1.98. The summed E-state index contributed by atoms with van der Waals surface area (Å²) < 4.78 is 7.57. The van der Waals surface area contributed by atoms with Gasteiger partial charge in [0.05, 0.1) is 23.2 Å². The van der Waals surface area contributed by atoms with E-state index in [1.54, 1.807) is 6.20 Å². The van der Waals surface area contributed by atoms with Crippen LogP contribution in [0.4, 0.5) is 0 Å². The smallest absolute Gasteiger partial charge is 0.136 e. The molecule has 0 atom stereocenters. The topological polar surface area (TPSA) is 60.2 Å². The minimum atomic E-state index is 0.0613. The first-order valence-electron chi connectivity index (χ1n) is 7.60. The molecule has 0 aliphatic heterocycles. The minimum absolute atomic E-state index is 0.0613. The van der Waals surface area contributed by atoms with Gasteiger partial charge in [-0.05, 0) is 38.0 Å². The molecule has 2 aromatic heterocycles. The van der Waals surface area contributed by atoms with Crippen LogP contribution in [0.15, 0.2) is 18.3 Å². The summed E-state index contributed by atoms with van der Waals surface area (Å²) in [7, 11) is 0. The zero-order valence-electron chi connectivity index (χ0n) is 13.3. The van der Waals surface area contributed by atoms with Crippen molar-refractivity contribution in [1.29, 1.82) is 0 Å². The minimum Gasteiger partial charge on any atom is -0.395 e. The Morgan fingerprint density at radius 1 is 1.23 bits per heavy atom. The van der Waals surface area contributed by atoms with Crippen LogP contribution >= 0.6 is 0 Å². The van der Waals surface area contributed by atoms with Crippen molar-refractivity contribution >= 4 is 21.9 Å².